The van der Waals surface area contributed by atoms with E-state index in [1.807, 2.05) is 24.3 Å². The topological polar surface area (TPSA) is 52.6 Å². The average Bonchev–Trinajstić information content (AvgIpc) is 2.54. The summed E-state index contributed by atoms with van der Waals surface area (Å²) in [5.74, 6) is -0.242. The summed E-state index contributed by atoms with van der Waals surface area (Å²) in [6, 6.07) is 17.8. The molecule has 0 aliphatic carbocycles. The highest BCUT2D eigenvalue weighted by atomic mass is 31.2. The normalized spacial score (nSPS) is 15.0. The largest absolute Gasteiger partial charge is 0.328 e. The standard InChI is InChI=1S/C17H19O4P/c1-3-20-22(2,19)21-17(15-12-8-5-9-13-15)16(18)14-10-6-4-7-11-14/h4-13,17H,3H2,1-2H3. The molecule has 2 rings (SSSR count). The minimum Gasteiger partial charge on any atom is -0.309 e. The van der Waals surface area contributed by atoms with Crippen LogP contribution in [0.5, 0.6) is 0 Å². The predicted molar refractivity (Wildman–Crippen MR) is 86.2 cm³/mol. The van der Waals surface area contributed by atoms with Crippen LogP contribution in [0.4, 0.5) is 0 Å². The second-order valence-electron chi connectivity index (χ2n) is 4.82. The van der Waals surface area contributed by atoms with Crippen molar-refractivity contribution in [3.05, 3.63) is 71.8 Å². The first-order valence-electron chi connectivity index (χ1n) is 7.08. The molecule has 0 fully saturated rings. The molecule has 4 nitrogen and oxygen atoms in total. The van der Waals surface area contributed by atoms with E-state index in [0.717, 1.165) is 0 Å². The predicted octanol–water partition coefficient (Wildman–Crippen LogP) is 4.49. The van der Waals surface area contributed by atoms with Gasteiger partial charge < -0.3 is 4.52 Å². The number of hydrogen-bond acceptors (Lipinski definition) is 4. The quantitative estimate of drug-likeness (QED) is 0.557. The van der Waals surface area contributed by atoms with Gasteiger partial charge in [-0.25, -0.2) is 0 Å². The molecule has 5 heteroatoms. The van der Waals surface area contributed by atoms with Crippen molar-refractivity contribution in [1.29, 1.82) is 0 Å². The summed E-state index contributed by atoms with van der Waals surface area (Å²) in [5, 5.41) is 0. The molecule has 0 heterocycles. The molecule has 0 aromatic heterocycles. The van der Waals surface area contributed by atoms with E-state index in [9.17, 15) is 9.36 Å². The van der Waals surface area contributed by atoms with Crippen molar-refractivity contribution in [3.8, 4) is 0 Å². The zero-order valence-electron chi connectivity index (χ0n) is 12.6. The van der Waals surface area contributed by atoms with Crippen LogP contribution in [-0.4, -0.2) is 19.1 Å². The molecule has 0 N–H and O–H groups in total. The third-order valence-electron chi connectivity index (χ3n) is 3.06. The van der Waals surface area contributed by atoms with Gasteiger partial charge in [0.2, 0.25) is 0 Å². The Kier molecular flexibility index (Phi) is 5.67. The molecule has 0 aliphatic heterocycles. The third-order valence-corrected chi connectivity index (χ3v) is 4.38. The van der Waals surface area contributed by atoms with Gasteiger partial charge in [0.25, 0.3) is 0 Å². The Hall–Kier alpha value is -1.74. The van der Waals surface area contributed by atoms with E-state index in [2.05, 4.69) is 0 Å². The van der Waals surface area contributed by atoms with Gasteiger partial charge in [0.05, 0.1) is 6.61 Å². The molecule has 0 bridgehead atoms. The SMILES string of the molecule is CCOP(C)(=O)OC(C(=O)c1ccccc1)c1ccccc1. The molecular weight excluding hydrogens is 299 g/mol. The lowest BCUT2D eigenvalue weighted by atomic mass is 10.0. The van der Waals surface area contributed by atoms with Crippen molar-refractivity contribution in [2.45, 2.75) is 13.0 Å². The minimum absolute atomic E-state index is 0.242. The Morgan fingerprint density at radius 1 is 1.05 bits per heavy atom. The molecule has 0 radical (unpaired) electrons. The van der Waals surface area contributed by atoms with Crippen LogP contribution in [0.25, 0.3) is 0 Å². The molecule has 2 unspecified atom stereocenters. The zero-order valence-corrected chi connectivity index (χ0v) is 13.5. The Balaban J connectivity index is 2.34. The van der Waals surface area contributed by atoms with Crippen molar-refractivity contribution >= 4 is 13.4 Å². The fourth-order valence-electron chi connectivity index (χ4n) is 2.10. The summed E-state index contributed by atoms with van der Waals surface area (Å²) in [6.07, 6.45) is -0.953. The van der Waals surface area contributed by atoms with E-state index in [1.165, 1.54) is 6.66 Å². The first-order valence-corrected chi connectivity index (χ1v) is 9.07. The second kappa shape index (κ2) is 7.50. The van der Waals surface area contributed by atoms with Crippen LogP contribution >= 0.6 is 7.60 Å². The monoisotopic (exact) mass is 318 g/mol. The Labute approximate surface area is 130 Å². The fraction of sp³-hybridized carbons (Fsp3) is 0.235. The van der Waals surface area contributed by atoms with Crippen LogP contribution in [0.3, 0.4) is 0 Å². The minimum atomic E-state index is -3.31. The smallest absolute Gasteiger partial charge is 0.309 e. The number of Topliss-reactive ketones (excluding diaryl/α,β-unsaturated/α-hetero) is 1. The van der Waals surface area contributed by atoms with Gasteiger partial charge in [-0.05, 0) is 12.5 Å². The van der Waals surface area contributed by atoms with E-state index in [-0.39, 0.29) is 12.4 Å². The van der Waals surface area contributed by atoms with E-state index in [1.54, 1.807) is 43.3 Å². The van der Waals surface area contributed by atoms with Crippen LogP contribution in [0.15, 0.2) is 60.7 Å². The van der Waals surface area contributed by atoms with Gasteiger partial charge in [0.1, 0.15) is 0 Å². The summed E-state index contributed by atoms with van der Waals surface area (Å²) in [7, 11) is -3.31. The lowest BCUT2D eigenvalue weighted by molar-refractivity contribution is 0.0750. The van der Waals surface area contributed by atoms with Gasteiger partial charge in [-0.2, -0.15) is 0 Å². The first kappa shape index (κ1) is 16.6. The van der Waals surface area contributed by atoms with Crippen molar-refractivity contribution in [3.63, 3.8) is 0 Å². The van der Waals surface area contributed by atoms with Gasteiger partial charge in [0, 0.05) is 12.2 Å². The zero-order chi connectivity index (χ0) is 16.0. The molecule has 22 heavy (non-hydrogen) atoms. The second-order valence-corrected chi connectivity index (χ2v) is 6.83. The molecule has 0 amide bonds. The van der Waals surface area contributed by atoms with Gasteiger partial charge in [0.15, 0.2) is 11.9 Å². The van der Waals surface area contributed by atoms with E-state index < -0.39 is 13.7 Å². The van der Waals surface area contributed by atoms with Crippen molar-refractivity contribution in [1.82, 2.24) is 0 Å². The van der Waals surface area contributed by atoms with E-state index in [4.69, 9.17) is 9.05 Å². The number of carbonyl (C=O) groups excluding carboxylic acids is 1. The van der Waals surface area contributed by atoms with Gasteiger partial charge in [-0.15, -0.1) is 0 Å². The van der Waals surface area contributed by atoms with E-state index in [0.29, 0.717) is 11.1 Å². The van der Waals surface area contributed by atoms with Crippen LogP contribution in [0.2, 0.25) is 0 Å². The lowest BCUT2D eigenvalue weighted by Crippen LogP contribution is -2.16. The fourth-order valence-corrected chi connectivity index (χ4v) is 3.23. The van der Waals surface area contributed by atoms with Gasteiger partial charge >= 0.3 is 7.60 Å². The molecule has 2 aromatic rings. The summed E-state index contributed by atoms with van der Waals surface area (Å²) in [4.78, 5) is 12.7. The number of hydrogen-bond donors (Lipinski definition) is 0. The van der Waals surface area contributed by atoms with Gasteiger partial charge in [-0.1, -0.05) is 60.7 Å². The number of carbonyl (C=O) groups is 1. The highest BCUT2D eigenvalue weighted by Gasteiger charge is 2.30. The van der Waals surface area contributed by atoms with Crippen molar-refractivity contribution in [2.75, 3.05) is 13.3 Å². The Morgan fingerprint density at radius 3 is 2.14 bits per heavy atom. The molecule has 2 atom stereocenters. The Morgan fingerprint density at radius 2 is 1.59 bits per heavy atom. The van der Waals surface area contributed by atoms with Crippen LogP contribution in [0, 0.1) is 0 Å². The summed E-state index contributed by atoms with van der Waals surface area (Å²) in [5.41, 5.74) is 1.16. The molecule has 0 aliphatic rings. The molecular formula is C17H19O4P. The molecule has 116 valence electrons. The molecule has 0 saturated heterocycles. The van der Waals surface area contributed by atoms with Crippen LogP contribution in [0.1, 0.15) is 28.9 Å². The summed E-state index contributed by atoms with van der Waals surface area (Å²) < 4.78 is 23.0. The van der Waals surface area contributed by atoms with Crippen molar-refractivity contribution < 1.29 is 18.4 Å². The van der Waals surface area contributed by atoms with E-state index >= 15 is 0 Å². The molecule has 0 saturated carbocycles. The summed E-state index contributed by atoms with van der Waals surface area (Å²) >= 11 is 0. The van der Waals surface area contributed by atoms with Crippen molar-refractivity contribution in [2.24, 2.45) is 0 Å². The first-order chi connectivity index (χ1) is 10.5. The third kappa shape index (κ3) is 4.38. The van der Waals surface area contributed by atoms with Gasteiger partial charge in [-0.3, -0.25) is 13.9 Å². The molecule has 0 spiro atoms. The maximum absolute atomic E-state index is 12.7. The number of benzene rings is 2. The summed E-state index contributed by atoms with van der Waals surface area (Å²) in [6.45, 7) is 3.37. The average molecular weight is 318 g/mol. The number of rotatable bonds is 7. The van der Waals surface area contributed by atoms with Crippen LogP contribution in [-0.2, 0) is 13.6 Å². The number of ketones is 1. The maximum atomic E-state index is 12.7. The van der Waals surface area contributed by atoms with Crippen LogP contribution < -0.4 is 0 Å². The Bertz CT molecular complexity index is 655. The highest BCUT2D eigenvalue weighted by Crippen LogP contribution is 2.48. The molecule has 2 aromatic carbocycles. The highest BCUT2D eigenvalue weighted by molar-refractivity contribution is 7.53. The lowest BCUT2D eigenvalue weighted by Gasteiger charge is -2.21. The maximum Gasteiger partial charge on any atom is 0.328 e.